The van der Waals surface area contributed by atoms with Crippen LogP contribution in [0.2, 0.25) is 5.02 Å². The molecule has 1 atom stereocenters. The molecule has 142 valence electrons. The molecule has 1 amide bonds. The largest absolute Gasteiger partial charge is 0.479 e. The van der Waals surface area contributed by atoms with E-state index in [2.05, 4.69) is 10.3 Å². The number of amides is 1. The van der Waals surface area contributed by atoms with Crippen molar-refractivity contribution >= 4 is 23.5 Å². The summed E-state index contributed by atoms with van der Waals surface area (Å²) in [5, 5.41) is 12.4. The number of nitrogens with one attached hydrogen (secondary N) is 1. The molecule has 0 aliphatic carbocycles. The molecule has 1 heterocycles. The van der Waals surface area contributed by atoms with Gasteiger partial charge in [0.1, 0.15) is 6.54 Å². The third kappa shape index (κ3) is 4.63. The number of nitrogens with zero attached hydrogens (tertiary/aromatic N) is 2. The highest BCUT2D eigenvalue weighted by Gasteiger charge is 2.22. The van der Waals surface area contributed by atoms with Crippen LogP contribution in [-0.2, 0) is 16.1 Å². The van der Waals surface area contributed by atoms with Crippen LogP contribution in [-0.4, -0.2) is 26.5 Å². The minimum atomic E-state index is -1.21. The lowest BCUT2D eigenvalue weighted by molar-refractivity contribution is -0.142. The summed E-state index contributed by atoms with van der Waals surface area (Å²) in [5.74, 6) is -1.80. The maximum absolute atomic E-state index is 12.4. The van der Waals surface area contributed by atoms with Gasteiger partial charge in [0, 0.05) is 16.8 Å². The highest BCUT2D eigenvalue weighted by atomic mass is 35.5. The summed E-state index contributed by atoms with van der Waals surface area (Å²) in [6, 6.07) is 14.0. The van der Waals surface area contributed by atoms with Crippen LogP contribution >= 0.6 is 11.6 Å². The maximum Gasteiger partial charge on any atom is 0.330 e. The number of carboxylic acids is 1. The van der Waals surface area contributed by atoms with Crippen molar-refractivity contribution in [1.82, 2.24) is 14.9 Å². The predicted molar refractivity (Wildman–Crippen MR) is 104 cm³/mol. The van der Waals surface area contributed by atoms with Crippen LogP contribution in [0.1, 0.15) is 11.6 Å². The fraction of sp³-hybridized carbons (Fsp3) is 0.100. The van der Waals surface area contributed by atoms with Gasteiger partial charge in [0.2, 0.25) is 5.91 Å². The SMILES string of the molecule is O=C(Cn1cc(-c2ccc(Cl)cc2)ncc1=O)N[C@H](C(=O)O)c1ccccc1. The summed E-state index contributed by atoms with van der Waals surface area (Å²) in [4.78, 5) is 40.0. The van der Waals surface area contributed by atoms with Crippen LogP contribution in [0.3, 0.4) is 0 Å². The molecule has 0 aliphatic rings. The number of halogens is 1. The third-order valence-corrected chi connectivity index (χ3v) is 4.27. The predicted octanol–water partition coefficient (Wildman–Crippen LogP) is 2.51. The maximum atomic E-state index is 12.4. The van der Waals surface area contributed by atoms with Gasteiger partial charge in [-0.2, -0.15) is 0 Å². The Morgan fingerprint density at radius 2 is 1.79 bits per heavy atom. The van der Waals surface area contributed by atoms with Crippen LogP contribution in [0.25, 0.3) is 11.3 Å². The molecule has 0 unspecified atom stereocenters. The Kier molecular flexibility index (Phi) is 5.86. The van der Waals surface area contributed by atoms with E-state index in [1.165, 1.54) is 10.8 Å². The Morgan fingerprint density at radius 3 is 2.43 bits per heavy atom. The summed E-state index contributed by atoms with van der Waals surface area (Å²) < 4.78 is 1.18. The van der Waals surface area contributed by atoms with E-state index in [0.29, 0.717) is 16.3 Å². The Balaban J connectivity index is 1.79. The van der Waals surface area contributed by atoms with E-state index in [9.17, 15) is 19.5 Å². The minimum Gasteiger partial charge on any atom is -0.479 e. The van der Waals surface area contributed by atoms with Crippen LogP contribution in [0, 0.1) is 0 Å². The average molecular weight is 398 g/mol. The Hall–Kier alpha value is -3.45. The third-order valence-electron chi connectivity index (χ3n) is 4.01. The molecule has 2 aromatic carbocycles. The van der Waals surface area contributed by atoms with Crippen molar-refractivity contribution in [1.29, 1.82) is 0 Å². The Morgan fingerprint density at radius 1 is 1.11 bits per heavy atom. The molecule has 3 aromatic rings. The number of aromatic nitrogens is 2. The molecule has 0 radical (unpaired) electrons. The number of carbonyl (C=O) groups is 2. The number of rotatable bonds is 6. The monoisotopic (exact) mass is 397 g/mol. The first-order valence-electron chi connectivity index (χ1n) is 8.33. The van der Waals surface area contributed by atoms with Gasteiger partial charge in [0.15, 0.2) is 6.04 Å². The number of carboxylic acid groups (broad SMARTS) is 1. The van der Waals surface area contributed by atoms with E-state index in [-0.39, 0.29) is 6.54 Å². The van der Waals surface area contributed by atoms with E-state index in [1.807, 2.05) is 0 Å². The average Bonchev–Trinajstić information content (AvgIpc) is 2.69. The zero-order chi connectivity index (χ0) is 20.1. The summed E-state index contributed by atoms with van der Waals surface area (Å²) in [6.07, 6.45) is 2.56. The van der Waals surface area contributed by atoms with Crippen LogP contribution in [0.5, 0.6) is 0 Å². The minimum absolute atomic E-state index is 0.335. The van der Waals surface area contributed by atoms with Gasteiger partial charge >= 0.3 is 5.97 Å². The number of benzene rings is 2. The van der Waals surface area contributed by atoms with Gasteiger partial charge < -0.3 is 15.0 Å². The van der Waals surface area contributed by atoms with Crippen LogP contribution in [0.4, 0.5) is 0 Å². The van der Waals surface area contributed by atoms with Gasteiger partial charge in [0.25, 0.3) is 5.56 Å². The zero-order valence-electron chi connectivity index (χ0n) is 14.6. The summed E-state index contributed by atoms with van der Waals surface area (Å²) in [6.45, 7) is -0.335. The van der Waals surface area contributed by atoms with Crippen molar-refractivity contribution in [2.24, 2.45) is 0 Å². The molecule has 7 nitrogen and oxygen atoms in total. The Bertz CT molecular complexity index is 1050. The van der Waals surface area contributed by atoms with Crippen molar-refractivity contribution in [2.45, 2.75) is 12.6 Å². The van der Waals surface area contributed by atoms with E-state index in [1.54, 1.807) is 54.6 Å². The first-order chi connectivity index (χ1) is 13.4. The van der Waals surface area contributed by atoms with Crippen molar-refractivity contribution < 1.29 is 14.7 Å². The molecule has 1 aromatic heterocycles. The molecule has 0 fully saturated rings. The second kappa shape index (κ2) is 8.49. The van der Waals surface area contributed by atoms with Gasteiger partial charge in [-0.15, -0.1) is 0 Å². The fourth-order valence-electron chi connectivity index (χ4n) is 2.63. The number of carbonyl (C=O) groups excluding carboxylic acids is 1. The topological polar surface area (TPSA) is 101 Å². The van der Waals surface area contributed by atoms with Crippen molar-refractivity contribution in [2.75, 3.05) is 0 Å². The fourth-order valence-corrected chi connectivity index (χ4v) is 2.76. The highest BCUT2D eigenvalue weighted by Crippen LogP contribution is 2.18. The van der Waals surface area contributed by atoms with Crippen molar-refractivity contribution in [3.05, 3.63) is 87.9 Å². The van der Waals surface area contributed by atoms with E-state index >= 15 is 0 Å². The molecule has 8 heteroatoms. The molecular formula is C20H16ClN3O4. The molecule has 0 spiro atoms. The number of hydrogen-bond acceptors (Lipinski definition) is 4. The lowest BCUT2D eigenvalue weighted by Crippen LogP contribution is -2.37. The molecular weight excluding hydrogens is 382 g/mol. The molecule has 28 heavy (non-hydrogen) atoms. The number of aliphatic carboxylic acids is 1. The van der Waals surface area contributed by atoms with Gasteiger partial charge in [-0.25, -0.2) is 9.78 Å². The molecule has 0 bridgehead atoms. The summed E-state index contributed by atoms with van der Waals surface area (Å²) >= 11 is 5.87. The molecule has 3 rings (SSSR count). The normalized spacial score (nSPS) is 11.6. The number of hydrogen-bond donors (Lipinski definition) is 2. The van der Waals surface area contributed by atoms with E-state index in [0.717, 1.165) is 11.8 Å². The second-order valence-corrected chi connectivity index (χ2v) is 6.43. The summed E-state index contributed by atoms with van der Waals surface area (Å²) in [7, 11) is 0. The van der Waals surface area contributed by atoms with E-state index < -0.39 is 23.5 Å². The molecule has 0 aliphatic heterocycles. The lowest BCUT2D eigenvalue weighted by Gasteiger charge is -2.15. The standard InChI is InChI=1S/C20H16ClN3O4/c21-15-8-6-13(7-9-15)16-11-24(18(26)10-22-16)12-17(25)23-19(20(27)28)14-4-2-1-3-5-14/h1-11,19H,12H2,(H,23,25)(H,27,28)/t19-/m0/s1. The smallest absolute Gasteiger partial charge is 0.330 e. The van der Waals surface area contributed by atoms with Gasteiger partial charge in [0.05, 0.1) is 11.9 Å². The quantitative estimate of drug-likeness (QED) is 0.665. The Labute approximate surface area is 165 Å². The first-order valence-corrected chi connectivity index (χ1v) is 8.71. The molecule has 0 saturated carbocycles. The second-order valence-electron chi connectivity index (χ2n) is 6.00. The van der Waals surface area contributed by atoms with Crippen molar-refractivity contribution in [3.8, 4) is 11.3 Å². The van der Waals surface area contributed by atoms with Gasteiger partial charge in [-0.3, -0.25) is 9.59 Å². The first kappa shape index (κ1) is 19.3. The van der Waals surface area contributed by atoms with Crippen LogP contribution in [0.15, 0.2) is 71.8 Å². The van der Waals surface area contributed by atoms with E-state index in [4.69, 9.17) is 11.6 Å². The summed E-state index contributed by atoms with van der Waals surface area (Å²) in [5.41, 5.74) is 1.18. The molecule has 0 saturated heterocycles. The van der Waals surface area contributed by atoms with Crippen LogP contribution < -0.4 is 10.9 Å². The lowest BCUT2D eigenvalue weighted by atomic mass is 10.1. The highest BCUT2D eigenvalue weighted by molar-refractivity contribution is 6.30. The molecule has 2 N–H and O–H groups in total. The zero-order valence-corrected chi connectivity index (χ0v) is 15.3. The van der Waals surface area contributed by atoms with Gasteiger partial charge in [-0.05, 0) is 17.7 Å². The van der Waals surface area contributed by atoms with Crippen molar-refractivity contribution in [3.63, 3.8) is 0 Å². The van der Waals surface area contributed by atoms with Gasteiger partial charge in [-0.1, -0.05) is 54.1 Å².